The van der Waals surface area contributed by atoms with E-state index in [-0.39, 0.29) is 0 Å². The first-order valence-corrected chi connectivity index (χ1v) is 8.73. The molecular weight excluding hydrogens is 322 g/mol. The number of rotatable bonds is 3. The highest BCUT2D eigenvalue weighted by atomic mass is 32.1. The zero-order valence-electron chi connectivity index (χ0n) is 13.1. The summed E-state index contributed by atoms with van der Waals surface area (Å²) < 4.78 is 6.39. The molecule has 0 spiro atoms. The van der Waals surface area contributed by atoms with Gasteiger partial charge in [-0.1, -0.05) is 30.3 Å². The minimum Gasteiger partial charge on any atom is -0.477 e. The van der Waals surface area contributed by atoms with Crippen LogP contribution in [0.4, 0.5) is 5.69 Å². The third kappa shape index (κ3) is 2.66. The van der Waals surface area contributed by atoms with Crippen LogP contribution in [0.15, 0.2) is 48.5 Å². The van der Waals surface area contributed by atoms with Crippen molar-refractivity contribution >= 4 is 33.1 Å². The van der Waals surface area contributed by atoms with E-state index in [9.17, 15) is 9.90 Å². The van der Waals surface area contributed by atoms with Crippen LogP contribution in [0.1, 0.15) is 9.67 Å². The SMILES string of the molecule is O=C(O)c1sc2ccccc2c1-c1ccc(N2CCOCC2)cc1. The Morgan fingerprint density at radius 3 is 2.46 bits per heavy atom. The first kappa shape index (κ1) is 15.2. The third-order valence-electron chi connectivity index (χ3n) is 4.32. The summed E-state index contributed by atoms with van der Waals surface area (Å²) in [5.41, 5.74) is 2.91. The summed E-state index contributed by atoms with van der Waals surface area (Å²) in [6.45, 7) is 3.28. The standard InChI is InChI=1S/C19H17NO3S/c21-19(22)18-17(15-3-1-2-4-16(15)24-18)13-5-7-14(8-6-13)20-9-11-23-12-10-20/h1-8H,9-12H2,(H,21,22). The van der Waals surface area contributed by atoms with Crippen molar-refractivity contribution in [3.05, 3.63) is 53.4 Å². The Kier molecular flexibility index (Phi) is 3.96. The summed E-state index contributed by atoms with van der Waals surface area (Å²) in [5, 5.41) is 10.6. The lowest BCUT2D eigenvalue weighted by molar-refractivity contribution is 0.0703. The van der Waals surface area contributed by atoms with Gasteiger partial charge in [-0.15, -0.1) is 11.3 Å². The molecule has 0 bridgehead atoms. The number of hydrogen-bond acceptors (Lipinski definition) is 4. The highest BCUT2D eigenvalue weighted by Crippen LogP contribution is 2.39. The van der Waals surface area contributed by atoms with Gasteiger partial charge in [-0.3, -0.25) is 0 Å². The monoisotopic (exact) mass is 339 g/mol. The molecule has 0 radical (unpaired) electrons. The second kappa shape index (κ2) is 6.26. The third-order valence-corrected chi connectivity index (χ3v) is 5.48. The van der Waals surface area contributed by atoms with Crippen LogP contribution in [0.3, 0.4) is 0 Å². The van der Waals surface area contributed by atoms with Crippen molar-refractivity contribution in [2.45, 2.75) is 0 Å². The minimum absolute atomic E-state index is 0.398. The van der Waals surface area contributed by atoms with Gasteiger partial charge in [-0.05, 0) is 23.8 Å². The molecule has 1 fully saturated rings. The fourth-order valence-corrected chi connectivity index (χ4v) is 4.21. The number of hydrogen-bond donors (Lipinski definition) is 1. The summed E-state index contributed by atoms with van der Waals surface area (Å²) in [4.78, 5) is 14.4. The van der Waals surface area contributed by atoms with Crippen molar-refractivity contribution in [1.82, 2.24) is 0 Å². The van der Waals surface area contributed by atoms with Gasteiger partial charge in [0.1, 0.15) is 4.88 Å². The van der Waals surface area contributed by atoms with E-state index in [0.717, 1.165) is 53.2 Å². The Bertz CT molecular complexity index is 879. The van der Waals surface area contributed by atoms with Gasteiger partial charge in [-0.25, -0.2) is 4.79 Å². The van der Waals surface area contributed by atoms with Crippen LogP contribution in [0, 0.1) is 0 Å². The first-order chi connectivity index (χ1) is 11.7. The maximum Gasteiger partial charge on any atom is 0.346 e. The lowest BCUT2D eigenvalue weighted by atomic mass is 10.0. The van der Waals surface area contributed by atoms with Crippen LogP contribution in [0.2, 0.25) is 0 Å². The molecule has 0 aliphatic carbocycles. The van der Waals surface area contributed by atoms with Crippen LogP contribution in [0.25, 0.3) is 21.2 Å². The van der Waals surface area contributed by atoms with E-state index in [1.807, 2.05) is 36.4 Å². The number of morpholine rings is 1. The highest BCUT2D eigenvalue weighted by molar-refractivity contribution is 7.21. The molecule has 4 nitrogen and oxygen atoms in total. The van der Waals surface area contributed by atoms with Crippen LogP contribution in [-0.2, 0) is 4.74 Å². The van der Waals surface area contributed by atoms with E-state index < -0.39 is 5.97 Å². The number of carboxylic acid groups (broad SMARTS) is 1. The number of anilines is 1. The molecule has 0 saturated carbocycles. The number of benzene rings is 2. The van der Waals surface area contributed by atoms with E-state index >= 15 is 0 Å². The van der Waals surface area contributed by atoms with Crippen molar-refractivity contribution in [1.29, 1.82) is 0 Å². The lowest BCUT2D eigenvalue weighted by Crippen LogP contribution is -2.36. The smallest absolute Gasteiger partial charge is 0.346 e. The van der Waals surface area contributed by atoms with Crippen molar-refractivity contribution in [3.63, 3.8) is 0 Å². The van der Waals surface area contributed by atoms with Gasteiger partial charge < -0.3 is 14.7 Å². The van der Waals surface area contributed by atoms with Crippen molar-refractivity contribution in [2.75, 3.05) is 31.2 Å². The molecule has 122 valence electrons. The zero-order chi connectivity index (χ0) is 16.5. The summed E-state index contributed by atoms with van der Waals surface area (Å²) in [5.74, 6) is -0.872. The number of thiophene rings is 1. The maximum absolute atomic E-state index is 11.7. The maximum atomic E-state index is 11.7. The number of fused-ring (bicyclic) bond motifs is 1. The van der Waals surface area contributed by atoms with E-state index in [1.54, 1.807) is 0 Å². The van der Waals surface area contributed by atoms with E-state index in [4.69, 9.17) is 4.74 Å². The van der Waals surface area contributed by atoms with Crippen molar-refractivity contribution < 1.29 is 14.6 Å². The molecule has 1 saturated heterocycles. The number of ether oxygens (including phenoxy) is 1. The molecule has 0 unspecified atom stereocenters. The van der Waals surface area contributed by atoms with Gasteiger partial charge >= 0.3 is 5.97 Å². The summed E-state index contributed by atoms with van der Waals surface area (Å²) >= 11 is 1.33. The molecule has 2 aromatic carbocycles. The van der Waals surface area contributed by atoms with Gasteiger partial charge in [0.15, 0.2) is 0 Å². The fraction of sp³-hybridized carbons (Fsp3) is 0.211. The quantitative estimate of drug-likeness (QED) is 0.780. The van der Waals surface area contributed by atoms with Crippen LogP contribution in [0.5, 0.6) is 0 Å². The van der Waals surface area contributed by atoms with Crippen LogP contribution in [-0.4, -0.2) is 37.4 Å². The van der Waals surface area contributed by atoms with Gasteiger partial charge in [0, 0.05) is 34.4 Å². The average Bonchev–Trinajstić information content (AvgIpc) is 3.02. The van der Waals surface area contributed by atoms with Crippen molar-refractivity contribution in [3.8, 4) is 11.1 Å². The van der Waals surface area contributed by atoms with E-state index in [0.29, 0.717) is 4.88 Å². The predicted molar refractivity (Wildman–Crippen MR) is 97.3 cm³/mol. The van der Waals surface area contributed by atoms with Crippen molar-refractivity contribution in [2.24, 2.45) is 0 Å². The fourth-order valence-electron chi connectivity index (χ4n) is 3.14. The Hall–Kier alpha value is -2.37. The Labute approximate surface area is 143 Å². The Morgan fingerprint density at radius 1 is 1.04 bits per heavy atom. The predicted octanol–water partition coefficient (Wildman–Crippen LogP) is 4.10. The molecule has 3 aromatic rings. The van der Waals surface area contributed by atoms with Crippen LogP contribution >= 0.6 is 11.3 Å². The molecule has 1 N–H and O–H groups in total. The molecule has 1 aliphatic heterocycles. The number of carbonyl (C=O) groups is 1. The molecule has 24 heavy (non-hydrogen) atoms. The molecule has 4 rings (SSSR count). The van der Waals surface area contributed by atoms with E-state index in [2.05, 4.69) is 17.0 Å². The molecule has 5 heteroatoms. The average molecular weight is 339 g/mol. The second-order valence-corrected chi connectivity index (χ2v) is 6.81. The molecule has 1 aromatic heterocycles. The first-order valence-electron chi connectivity index (χ1n) is 7.92. The Balaban J connectivity index is 1.77. The van der Waals surface area contributed by atoms with Gasteiger partial charge in [0.2, 0.25) is 0 Å². The highest BCUT2D eigenvalue weighted by Gasteiger charge is 2.19. The molecule has 2 heterocycles. The molecule has 1 aliphatic rings. The molecule has 0 amide bonds. The van der Waals surface area contributed by atoms with E-state index in [1.165, 1.54) is 11.3 Å². The summed E-state index contributed by atoms with van der Waals surface area (Å²) in [6.07, 6.45) is 0. The second-order valence-electron chi connectivity index (χ2n) is 5.75. The van der Waals surface area contributed by atoms with Gasteiger partial charge in [0.05, 0.1) is 13.2 Å². The van der Waals surface area contributed by atoms with Gasteiger partial charge in [0.25, 0.3) is 0 Å². The largest absolute Gasteiger partial charge is 0.477 e. The molecule has 0 atom stereocenters. The number of nitrogens with zero attached hydrogens (tertiary/aromatic N) is 1. The van der Waals surface area contributed by atoms with Crippen LogP contribution < -0.4 is 4.90 Å². The number of aromatic carboxylic acids is 1. The zero-order valence-corrected chi connectivity index (χ0v) is 13.9. The lowest BCUT2D eigenvalue weighted by Gasteiger charge is -2.28. The normalized spacial score (nSPS) is 14.9. The summed E-state index contributed by atoms with van der Waals surface area (Å²) in [7, 11) is 0. The number of carboxylic acids is 1. The van der Waals surface area contributed by atoms with Gasteiger partial charge in [-0.2, -0.15) is 0 Å². The Morgan fingerprint density at radius 2 is 1.75 bits per heavy atom. The molecular formula is C19H17NO3S. The summed E-state index contributed by atoms with van der Waals surface area (Å²) in [6, 6.07) is 16.0. The topological polar surface area (TPSA) is 49.8 Å². The minimum atomic E-state index is -0.872.